The van der Waals surface area contributed by atoms with E-state index in [4.69, 9.17) is 0 Å². The molecule has 0 saturated carbocycles. The maximum absolute atomic E-state index is 12.2. The van der Waals surface area contributed by atoms with E-state index in [2.05, 4.69) is 22.6 Å². The number of carbonyl (C=O) groups excluding carboxylic acids is 1. The first kappa shape index (κ1) is 15.3. The van der Waals surface area contributed by atoms with Gasteiger partial charge in [0.1, 0.15) is 0 Å². The molecule has 2 bridgehead atoms. The third-order valence-electron chi connectivity index (χ3n) is 5.88. The summed E-state index contributed by atoms with van der Waals surface area (Å²) >= 11 is 0. The lowest BCUT2D eigenvalue weighted by molar-refractivity contribution is -0.122. The average Bonchev–Trinajstić information content (AvgIpc) is 2.47. The molecule has 120 valence electrons. The lowest BCUT2D eigenvalue weighted by Gasteiger charge is -2.47. The van der Waals surface area contributed by atoms with E-state index in [1.807, 2.05) is 0 Å². The summed E-state index contributed by atoms with van der Waals surface area (Å²) in [6.45, 7) is 2.26. The number of rotatable bonds is 4. The zero-order chi connectivity index (χ0) is 14.7. The number of piperidine rings is 3. The molecule has 0 aromatic rings. The van der Waals surface area contributed by atoms with Gasteiger partial charge >= 0.3 is 0 Å². The first-order valence-corrected chi connectivity index (χ1v) is 8.94. The van der Waals surface area contributed by atoms with E-state index in [0.717, 1.165) is 32.4 Å². The standard InChI is InChI=1S/C17H31N3O/c1-20-15-5-2-6-16(20)11-14(10-15)19-17(21)8-7-13-4-3-9-18-12-13/h13-16,18H,2-12H2,1H3,(H,19,21). The zero-order valence-electron chi connectivity index (χ0n) is 13.4. The maximum atomic E-state index is 12.2. The normalized spacial score (nSPS) is 37.2. The second-order valence-electron chi connectivity index (χ2n) is 7.39. The lowest BCUT2D eigenvalue weighted by atomic mass is 9.82. The van der Waals surface area contributed by atoms with Crippen LogP contribution in [0.4, 0.5) is 0 Å². The van der Waals surface area contributed by atoms with Crippen LogP contribution in [0.1, 0.15) is 57.8 Å². The molecule has 3 saturated heterocycles. The third-order valence-corrected chi connectivity index (χ3v) is 5.88. The molecule has 4 nitrogen and oxygen atoms in total. The molecule has 3 aliphatic heterocycles. The Morgan fingerprint density at radius 3 is 2.62 bits per heavy atom. The van der Waals surface area contributed by atoms with Crippen molar-refractivity contribution in [3.05, 3.63) is 0 Å². The Kier molecular flexibility index (Phi) is 5.17. The fourth-order valence-corrected chi connectivity index (χ4v) is 4.54. The van der Waals surface area contributed by atoms with E-state index >= 15 is 0 Å². The molecular formula is C17H31N3O. The molecule has 3 aliphatic rings. The van der Waals surface area contributed by atoms with Gasteiger partial charge in [-0.3, -0.25) is 4.79 Å². The lowest BCUT2D eigenvalue weighted by Crippen LogP contribution is -2.55. The number of nitrogens with zero attached hydrogens (tertiary/aromatic N) is 1. The van der Waals surface area contributed by atoms with E-state index < -0.39 is 0 Å². The van der Waals surface area contributed by atoms with Crippen LogP contribution in [0.15, 0.2) is 0 Å². The van der Waals surface area contributed by atoms with Crippen LogP contribution < -0.4 is 10.6 Å². The Labute approximate surface area is 129 Å². The molecule has 0 aliphatic carbocycles. The van der Waals surface area contributed by atoms with Crippen LogP contribution in [-0.2, 0) is 4.79 Å². The van der Waals surface area contributed by atoms with Gasteiger partial charge in [0.2, 0.25) is 5.91 Å². The fourth-order valence-electron chi connectivity index (χ4n) is 4.54. The Balaban J connectivity index is 1.40. The van der Waals surface area contributed by atoms with Crippen LogP contribution in [0.3, 0.4) is 0 Å². The van der Waals surface area contributed by atoms with Gasteiger partial charge in [0, 0.05) is 24.5 Å². The molecule has 3 atom stereocenters. The van der Waals surface area contributed by atoms with Crippen molar-refractivity contribution in [3.63, 3.8) is 0 Å². The summed E-state index contributed by atoms with van der Waals surface area (Å²) in [5.41, 5.74) is 0. The maximum Gasteiger partial charge on any atom is 0.220 e. The number of carbonyl (C=O) groups is 1. The quantitative estimate of drug-likeness (QED) is 0.832. The topological polar surface area (TPSA) is 44.4 Å². The predicted molar refractivity (Wildman–Crippen MR) is 85.2 cm³/mol. The summed E-state index contributed by atoms with van der Waals surface area (Å²) in [6.07, 6.45) is 10.6. The highest BCUT2D eigenvalue weighted by Gasteiger charge is 2.36. The highest BCUT2D eigenvalue weighted by atomic mass is 16.1. The van der Waals surface area contributed by atoms with Crippen molar-refractivity contribution in [3.8, 4) is 0 Å². The molecule has 3 fully saturated rings. The van der Waals surface area contributed by atoms with Gasteiger partial charge in [0.05, 0.1) is 0 Å². The van der Waals surface area contributed by atoms with Crippen LogP contribution in [-0.4, -0.2) is 49.1 Å². The van der Waals surface area contributed by atoms with Gasteiger partial charge in [-0.05, 0) is 71.0 Å². The van der Waals surface area contributed by atoms with Gasteiger partial charge in [-0.1, -0.05) is 6.42 Å². The summed E-state index contributed by atoms with van der Waals surface area (Å²) in [7, 11) is 2.27. The van der Waals surface area contributed by atoms with E-state index in [0.29, 0.717) is 30.5 Å². The summed E-state index contributed by atoms with van der Waals surface area (Å²) in [5.74, 6) is 0.995. The van der Waals surface area contributed by atoms with E-state index in [-0.39, 0.29) is 5.91 Å². The van der Waals surface area contributed by atoms with Crippen molar-refractivity contribution >= 4 is 5.91 Å². The molecule has 0 aromatic carbocycles. The monoisotopic (exact) mass is 293 g/mol. The van der Waals surface area contributed by atoms with Crippen molar-refractivity contribution in [2.75, 3.05) is 20.1 Å². The number of fused-ring (bicyclic) bond motifs is 2. The first-order chi connectivity index (χ1) is 10.2. The van der Waals surface area contributed by atoms with Gasteiger partial charge in [-0.25, -0.2) is 0 Å². The summed E-state index contributed by atoms with van der Waals surface area (Å²) in [4.78, 5) is 14.8. The minimum absolute atomic E-state index is 0.285. The number of hydrogen-bond acceptors (Lipinski definition) is 3. The molecule has 0 radical (unpaired) electrons. The minimum Gasteiger partial charge on any atom is -0.353 e. The molecule has 1 amide bonds. The largest absolute Gasteiger partial charge is 0.353 e. The van der Waals surface area contributed by atoms with Crippen molar-refractivity contribution in [2.24, 2.45) is 5.92 Å². The van der Waals surface area contributed by atoms with Crippen LogP contribution >= 0.6 is 0 Å². The third kappa shape index (κ3) is 3.98. The average molecular weight is 293 g/mol. The minimum atomic E-state index is 0.285. The summed E-state index contributed by atoms with van der Waals surface area (Å²) < 4.78 is 0. The highest BCUT2D eigenvalue weighted by molar-refractivity contribution is 5.76. The van der Waals surface area contributed by atoms with Crippen molar-refractivity contribution in [1.29, 1.82) is 0 Å². The van der Waals surface area contributed by atoms with Crippen molar-refractivity contribution < 1.29 is 4.79 Å². The molecular weight excluding hydrogens is 262 g/mol. The van der Waals surface area contributed by atoms with E-state index in [9.17, 15) is 4.79 Å². The predicted octanol–water partition coefficient (Wildman–Crippen LogP) is 1.90. The molecule has 3 rings (SSSR count). The van der Waals surface area contributed by atoms with Crippen LogP contribution in [0.5, 0.6) is 0 Å². The molecule has 3 heterocycles. The Bertz CT molecular complexity index is 340. The highest BCUT2D eigenvalue weighted by Crippen LogP contribution is 2.32. The Morgan fingerprint density at radius 2 is 1.95 bits per heavy atom. The van der Waals surface area contributed by atoms with E-state index in [1.165, 1.54) is 32.1 Å². The molecule has 2 N–H and O–H groups in total. The molecule has 0 aromatic heterocycles. The second-order valence-corrected chi connectivity index (χ2v) is 7.39. The Hall–Kier alpha value is -0.610. The van der Waals surface area contributed by atoms with Crippen molar-refractivity contribution in [1.82, 2.24) is 15.5 Å². The van der Waals surface area contributed by atoms with Gasteiger partial charge in [-0.15, -0.1) is 0 Å². The molecule has 21 heavy (non-hydrogen) atoms. The SMILES string of the molecule is CN1C2CCCC1CC(NC(=O)CCC1CCCNC1)C2. The van der Waals surface area contributed by atoms with Gasteiger partial charge in [0.25, 0.3) is 0 Å². The van der Waals surface area contributed by atoms with Crippen LogP contribution in [0.2, 0.25) is 0 Å². The van der Waals surface area contributed by atoms with Crippen molar-refractivity contribution in [2.45, 2.75) is 75.9 Å². The molecule has 3 unspecified atom stereocenters. The first-order valence-electron chi connectivity index (χ1n) is 8.94. The van der Waals surface area contributed by atoms with E-state index in [1.54, 1.807) is 0 Å². The zero-order valence-corrected chi connectivity index (χ0v) is 13.4. The summed E-state index contributed by atoms with van der Waals surface area (Å²) in [5, 5.41) is 6.76. The number of nitrogens with one attached hydrogen (secondary N) is 2. The summed E-state index contributed by atoms with van der Waals surface area (Å²) in [6, 6.07) is 1.82. The van der Waals surface area contributed by atoms with Gasteiger partial charge in [-0.2, -0.15) is 0 Å². The smallest absolute Gasteiger partial charge is 0.220 e. The van der Waals surface area contributed by atoms with Crippen LogP contribution in [0.25, 0.3) is 0 Å². The van der Waals surface area contributed by atoms with Gasteiger partial charge in [0.15, 0.2) is 0 Å². The second kappa shape index (κ2) is 7.10. The number of hydrogen-bond donors (Lipinski definition) is 2. The van der Waals surface area contributed by atoms with Gasteiger partial charge < -0.3 is 15.5 Å². The fraction of sp³-hybridized carbons (Fsp3) is 0.941. The van der Waals surface area contributed by atoms with Crippen LogP contribution in [0, 0.1) is 5.92 Å². The molecule has 0 spiro atoms. The Morgan fingerprint density at radius 1 is 1.19 bits per heavy atom. The molecule has 4 heteroatoms. The number of amides is 1.